The van der Waals surface area contributed by atoms with Crippen LogP contribution in [0.25, 0.3) is 0 Å². The average Bonchev–Trinajstić information content (AvgIpc) is 2.57. The molecular formula is C14H19NO2S. The first-order chi connectivity index (χ1) is 8.58. The maximum atomic E-state index is 12.2. The molecule has 0 aliphatic heterocycles. The Balaban J connectivity index is 2.13. The van der Waals surface area contributed by atoms with Gasteiger partial charge in [0, 0.05) is 6.04 Å². The van der Waals surface area contributed by atoms with Crippen molar-refractivity contribution in [3.05, 3.63) is 42.0 Å². The zero-order valence-electron chi connectivity index (χ0n) is 10.6. The number of allylic oxidation sites excluding steroid dienone is 1. The van der Waals surface area contributed by atoms with Gasteiger partial charge in [-0.25, -0.2) is 13.1 Å². The summed E-state index contributed by atoms with van der Waals surface area (Å²) in [5.41, 5.74) is 1.06. The van der Waals surface area contributed by atoms with Crippen LogP contribution in [0.3, 0.4) is 0 Å². The van der Waals surface area contributed by atoms with E-state index in [1.807, 2.05) is 25.1 Å². The van der Waals surface area contributed by atoms with Gasteiger partial charge in [0.15, 0.2) is 0 Å². The van der Waals surface area contributed by atoms with E-state index in [2.05, 4.69) is 10.8 Å². The molecule has 4 heteroatoms. The number of hydrogen-bond donors (Lipinski definition) is 1. The number of benzene rings is 1. The molecule has 0 amide bonds. The molecule has 0 saturated carbocycles. The third-order valence-corrected chi connectivity index (χ3v) is 4.65. The molecule has 2 rings (SSSR count). The molecule has 0 spiro atoms. The largest absolute Gasteiger partial charge is 0.241 e. The molecule has 3 nitrogen and oxygen atoms in total. The van der Waals surface area contributed by atoms with E-state index in [9.17, 15) is 8.42 Å². The fourth-order valence-corrected chi connectivity index (χ4v) is 3.29. The minimum Gasteiger partial charge on any atom is -0.207 e. The first kappa shape index (κ1) is 13.3. The van der Waals surface area contributed by atoms with Gasteiger partial charge in [0.05, 0.1) is 4.90 Å². The average molecular weight is 265 g/mol. The molecule has 1 aromatic rings. The van der Waals surface area contributed by atoms with Crippen molar-refractivity contribution >= 4 is 10.0 Å². The van der Waals surface area contributed by atoms with Crippen LogP contribution in [0, 0.1) is 6.92 Å². The van der Waals surface area contributed by atoms with Crippen LogP contribution in [0.5, 0.6) is 0 Å². The lowest BCUT2D eigenvalue weighted by Crippen LogP contribution is -2.33. The van der Waals surface area contributed by atoms with Crippen molar-refractivity contribution in [2.24, 2.45) is 0 Å². The Labute approximate surface area is 109 Å². The van der Waals surface area contributed by atoms with Crippen LogP contribution in [0.1, 0.15) is 31.2 Å². The van der Waals surface area contributed by atoms with E-state index >= 15 is 0 Å². The van der Waals surface area contributed by atoms with Crippen molar-refractivity contribution in [2.45, 2.75) is 43.5 Å². The molecule has 1 N–H and O–H groups in total. The van der Waals surface area contributed by atoms with Gasteiger partial charge in [-0.1, -0.05) is 36.3 Å². The Hall–Kier alpha value is -1.13. The van der Waals surface area contributed by atoms with Crippen LogP contribution >= 0.6 is 0 Å². The molecule has 1 atom stereocenters. The summed E-state index contributed by atoms with van der Waals surface area (Å²) < 4.78 is 27.1. The lowest BCUT2D eigenvalue weighted by molar-refractivity contribution is 0.556. The Morgan fingerprint density at radius 3 is 2.61 bits per heavy atom. The number of aryl methyl sites for hydroxylation is 1. The van der Waals surface area contributed by atoms with E-state index in [1.54, 1.807) is 12.1 Å². The van der Waals surface area contributed by atoms with E-state index in [1.165, 1.54) is 0 Å². The van der Waals surface area contributed by atoms with E-state index in [0.717, 1.165) is 31.2 Å². The van der Waals surface area contributed by atoms with Crippen molar-refractivity contribution in [3.63, 3.8) is 0 Å². The number of rotatable bonds is 3. The van der Waals surface area contributed by atoms with Crippen LogP contribution in [-0.2, 0) is 10.0 Å². The van der Waals surface area contributed by atoms with Crippen molar-refractivity contribution in [2.75, 3.05) is 0 Å². The molecule has 0 unspecified atom stereocenters. The zero-order chi connectivity index (χ0) is 13.0. The lowest BCUT2D eigenvalue weighted by Gasteiger charge is -2.14. The molecule has 0 aromatic heterocycles. The topological polar surface area (TPSA) is 46.2 Å². The quantitative estimate of drug-likeness (QED) is 0.854. The van der Waals surface area contributed by atoms with Gasteiger partial charge < -0.3 is 0 Å². The fraction of sp³-hybridized carbons (Fsp3) is 0.429. The highest BCUT2D eigenvalue weighted by molar-refractivity contribution is 7.89. The summed E-state index contributed by atoms with van der Waals surface area (Å²) in [4.78, 5) is 0.339. The monoisotopic (exact) mass is 265 g/mol. The number of nitrogens with one attached hydrogen (secondary N) is 1. The van der Waals surface area contributed by atoms with Crippen molar-refractivity contribution in [3.8, 4) is 0 Å². The highest BCUT2D eigenvalue weighted by atomic mass is 32.2. The normalized spacial score (nSPS) is 20.6. The highest BCUT2D eigenvalue weighted by Gasteiger charge is 2.18. The van der Waals surface area contributed by atoms with Crippen LogP contribution in [0.2, 0.25) is 0 Å². The third kappa shape index (κ3) is 3.43. The maximum Gasteiger partial charge on any atom is 0.241 e. The highest BCUT2D eigenvalue weighted by Crippen LogP contribution is 2.15. The molecule has 0 bridgehead atoms. The summed E-state index contributed by atoms with van der Waals surface area (Å²) in [7, 11) is -3.39. The van der Waals surface area contributed by atoms with Gasteiger partial charge in [-0.05, 0) is 38.3 Å². The first-order valence-corrected chi connectivity index (χ1v) is 7.82. The summed E-state index contributed by atoms with van der Waals surface area (Å²) in [6, 6.07) is 6.87. The van der Waals surface area contributed by atoms with Gasteiger partial charge in [-0.15, -0.1) is 0 Å². The third-order valence-electron chi connectivity index (χ3n) is 3.14. The standard InChI is InChI=1S/C14H19NO2S/c1-12-8-10-14(11-9-12)18(16,17)15-13-6-4-2-3-5-7-13/h4,6,8-11,13,15H,2-3,5,7H2,1H3/t13-/m1/s1. The maximum absolute atomic E-state index is 12.2. The summed E-state index contributed by atoms with van der Waals surface area (Å²) in [5.74, 6) is 0. The van der Waals surface area contributed by atoms with Gasteiger partial charge >= 0.3 is 0 Å². The van der Waals surface area contributed by atoms with Crippen molar-refractivity contribution in [1.82, 2.24) is 4.72 Å². The Kier molecular flexibility index (Phi) is 4.19. The van der Waals surface area contributed by atoms with Crippen LogP contribution in [-0.4, -0.2) is 14.5 Å². The first-order valence-electron chi connectivity index (χ1n) is 6.33. The summed E-state index contributed by atoms with van der Waals surface area (Å²) in [6.45, 7) is 1.94. The van der Waals surface area contributed by atoms with E-state index in [0.29, 0.717) is 4.90 Å². The summed E-state index contributed by atoms with van der Waals surface area (Å²) >= 11 is 0. The second-order valence-electron chi connectivity index (χ2n) is 4.75. The molecule has 0 radical (unpaired) electrons. The Bertz CT molecular complexity index is 517. The predicted molar refractivity (Wildman–Crippen MR) is 72.9 cm³/mol. The van der Waals surface area contributed by atoms with Gasteiger partial charge in [0.1, 0.15) is 0 Å². The van der Waals surface area contributed by atoms with E-state index in [-0.39, 0.29) is 6.04 Å². The van der Waals surface area contributed by atoms with E-state index in [4.69, 9.17) is 0 Å². The van der Waals surface area contributed by atoms with Gasteiger partial charge in [0.25, 0.3) is 0 Å². The smallest absolute Gasteiger partial charge is 0.207 e. The molecule has 18 heavy (non-hydrogen) atoms. The second-order valence-corrected chi connectivity index (χ2v) is 6.47. The molecule has 0 saturated heterocycles. The molecule has 0 fully saturated rings. The van der Waals surface area contributed by atoms with Gasteiger partial charge in [0.2, 0.25) is 10.0 Å². The SMILES string of the molecule is Cc1ccc(S(=O)(=O)N[C@@H]2C=CCCCC2)cc1. The number of hydrogen-bond acceptors (Lipinski definition) is 2. The summed E-state index contributed by atoms with van der Waals surface area (Å²) in [5, 5.41) is 0. The zero-order valence-corrected chi connectivity index (χ0v) is 11.4. The van der Waals surface area contributed by atoms with Gasteiger partial charge in [-0.3, -0.25) is 0 Å². The Morgan fingerprint density at radius 2 is 1.89 bits per heavy atom. The van der Waals surface area contributed by atoms with Crippen molar-refractivity contribution < 1.29 is 8.42 Å². The van der Waals surface area contributed by atoms with E-state index < -0.39 is 10.0 Å². The second kappa shape index (κ2) is 5.67. The molecule has 1 aromatic carbocycles. The number of sulfonamides is 1. The van der Waals surface area contributed by atoms with Crippen molar-refractivity contribution in [1.29, 1.82) is 0 Å². The van der Waals surface area contributed by atoms with Crippen LogP contribution < -0.4 is 4.72 Å². The molecular weight excluding hydrogens is 246 g/mol. The minimum absolute atomic E-state index is 0.0706. The minimum atomic E-state index is -3.39. The van der Waals surface area contributed by atoms with Gasteiger partial charge in [-0.2, -0.15) is 0 Å². The fourth-order valence-electron chi connectivity index (χ4n) is 2.07. The summed E-state index contributed by atoms with van der Waals surface area (Å²) in [6.07, 6.45) is 8.16. The Morgan fingerprint density at radius 1 is 1.17 bits per heavy atom. The van der Waals surface area contributed by atoms with Crippen LogP contribution in [0.4, 0.5) is 0 Å². The molecule has 0 heterocycles. The van der Waals surface area contributed by atoms with Crippen LogP contribution in [0.15, 0.2) is 41.3 Å². The molecule has 1 aliphatic carbocycles. The molecule has 98 valence electrons. The predicted octanol–water partition coefficient (Wildman–Crippen LogP) is 2.77. The lowest BCUT2D eigenvalue weighted by atomic mass is 10.2. The molecule has 1 aliphatic rings.